The van der Waals surface area contributed by atoms with E-state index in [0.29, 0.717) is 21.6 Å². The van der Waals surface area contributed by atoms with Crippen molar-refractivity contribution in [1.29, 1.82) is 5.26 Å². The van der Waals surface area contributed by atoms with Gasteiger partial charge in [-0.05, 0) is 25.1 Å². The SMILES string of the molecule is Cc1[nH]c(-c2ccc(Cl)c(Cl)c2)nc1C#N. The van der Waals surface area contributed by atoms with Crippen molar-refractivity contribution in [2.45, 2.75) is 6.92 Å². The lowest BCUT2D eigenvalue weighted by molar-refractivity contribution is 1.25. The number of rotatable bonds is 1. The van der Waals surface area contributed by atoms with Gasteiger partial charge in [-0.25, -0.2) is 4.98 Å². The average Bonchev–Trinajstić information content (AvgIpc) is 2.64. The van der Waals surface area contributed by atoms with Crippen LogP contribution in [0.1, 0.15) is 11.4 Å². The van der Waals surface area contributed by atoms with Crippen LogP contribution in [0, 0.1) is 18.3 Å². The van der Waals surface area contributed by atoms with Crippen LogP contribution in [0.25, 0.3) is 11.4 Å². The monoisotopic (exact) mass is 251 g/mol. The van der Waals surface area contributed by atoms with Crippen molar-refractivity contribution in [2.75, 3.05) is 0 Å². The van der Waals surface area contributed by atoms with E-state index < -0.39 is 0 Å². The van der Waals surface area contributed by atoms with Crippen molar-refractivity contribution in [1.82, 2.24) is 9.97 Å². The Kier molecular flexibility index (Phi) is 2.86. The lowest BCUT2D eigenvalue weighted by Crippen LogP contribution is -1.81. The number of H-pyrrole nitrogens is 1. The second-order valence-corrected chi connectivity index (χ2v) is 4.11. The van der Waals surface area contributed by atoms with E-state index >= 15 is 0 Å². The molecule has 1 N–H and O–H groups in total. The molecule has 0 saturated carbocycles. The van der Waals surface area contributed by atoms with Crippen LogP contribution in [0.5, 0.6) is 0 Å². The van der Waals surface area contributed by atoms with Gasteiger partial charge in [-0.15, -0.1) is 0 Å². The normalized spacial score (nSPS) is 10.1. The number of hydrogen-bond acceptors (Lipinski definition) is 2. The number of halogens is 2. The average molecular weight is 252 g/mol. The molecule has 1 aromatic carbocycles. The van der Waals surface area contributed by atoms with E-state index in [-0.39, 0.29) is 0 Å². The maximum Gasteiger partial charge on any atom is 0.161 e. The molecule has 16 heavy (non-hydrogen) atoms. The number of aromatic amines is 1. The highest BCUT2D eigenvalue weighted by atomic mass is 35.5. The molecule has 5 heteroatoms. The van der Waals surface area contributed by atoms with Gasteiger partial charge in [0, 0.05) is 5.56 Å². The Morgan fingerprint density at radius 3 is 2.62 bits per heavy atom. The minimum absolute atomic E-state index is 0.390. The third-order valence-electron chi connectivity index (χ3n) is 2.18. The standard InChI is InChI=1S/C11H7Cl2N3/c1-6-10(5-14)16-11(15-6)7-2-3-8(12)9(13)4-7/h2-4H,1H3,(H,15,16). The molecule has 2 rings (SSSR count). The van der Waals surface area contributed by atoms with Gasteiger partial charge in [0.05, 0.1) is 15.7 Å². The molecule has 0 radical (unpaired) electrons. The summed E-state index contributed by atoms with van der Waals surface area (Å²) in [6.45, 7) is 1.80. The molecule has 0 amide bonds. The molecule has 0 unspecified atom stereocenters. The Hall–Kier alpha value is -1.50. The van der Waals surface area contributed by atoms with E-state index in [2.05, 4.69) is 9.97 Å². The minimum Gasteiger partial charge on any atom is -0.341 e. The van der Waals surface area contributed by atoms with Crippen molar-refractivity contribution >= 4 is 23.2 Å². The molecule has 0 spiro atoms. The summed E-state index contributed by atoms with van der Waals surface area (Å²) in [5.41, 5.74) is 1.93. The van der Waals surface area contributed by atoms with Crippen LogP contribution in [0.2, 0.25) is 10.0 Å². The molecule has 0 aliphatic carbocycles. The van der Waals surface area contributed by atoms with Gasteiger partial charge >= 0.3 is 0 Å². The highest BCUT2D eigenvalue weighted by Crippen LogP contribution is 2.27. The third kappa shape index (κ3) is 1.90. The van der Waals surface area contributed by atoms with Crippen molar-refractivity contribution in [3.63, 3.8) is 0 Å². The topological polar surface area (TPSA) is 52.5 Å². The zero-order valence-corrected chi connectivity index (χ0v) is 9.89. The first-order valence-corrected chi connectivity index (χ1v) is 5.29. The number of nitrogens with one attached hydrogen (secondary N) is 1. The predicted octanol–water partition coefficient (Wildman–Crippen LogP) is 3.56. The van der Waals surface area contributed by atoms with E-state index in [1.165, 1.54) is 0 Å². The second-order valence-electron chi connectivity index (χ2n) is 3.30. The van der Waals surface area contributed by atoms with Crippen molar-refractivity contribution in [3.05, 3.63) is 39.6 Å². The maximum atomic E-state index is 8.80. The summed E-state index contributed by atoms with van der Waals surface area (Å²) in [7, 11) is 0. The molecule has 0 aliphatic rings. The van der Waals surface area contributed by atoms with Gasteiger partial charge in [-0.2, -0.15) is 5.26 Å². The second kappa shape index (κ2) is 4.17. The molecule has 0 bridgehead atoms. The molecule has 80 valence electrons. The van der Waals surface area contributed by atoms with Crippen LogP contribution in [-0.4, -0.2) is 9.97 Å². The van der Waals surface area contributed by atoms with E-state index in [1.54, 1.807) is 25.1 Å². The van der Waals surface area contributed by atoms with Crippen molar-refractivity contribution in [2.24, 2.45) is 0 Å². The molecular formula is C11H7Cl2N3. The number of aryl methyl sites for hydroxylation is 1. The molecule has 0 saturated heterocycles. The Bertz CT molecular complexity index is 581. The fourth-order valence-corrected chi connectivity index (χ4v) is 1.65. The number of aromatic nitrogens is 2. The summed E-state index contributed by atoms with van der Waals surface area (Å²) in [4.78, 5) is 7.17. The maximum absolute atomic E-state index is 8.80. The van der Waals surface area contributed by atoms with Gasteiger partial charge in [0.2, 0.25) is 0 Å². The van der Waals surface area contributed by atoms with Crippen LogP contribution in [0.4, 0.5) is 0 Å². The van der Waals surface area contributed by atoms with Crippen LogP contribution < -0.4 is 0 Å². The van der Waals surface area contributed by atoms with E-state index in [4.69, 9.17) is 28.5 Å². The highest BCUT2D eigenvalue weighted by molar-refractivity contribution is 6.42. The molecule has 3 nitrogen and oxygen atoms in total. The quantitative estimate of drug-likeness (QED) is 0.843. The highest BCUT2D eigenvalue weighted by Gasteiger charge is 2.09. The third-order valence-corrected chi connectivity index (χ3v) is 2.92. The number of nitrogens with zero attached hydrogens (tertiary/aromatic N) is 2. The van der Waals surface area contributed by atoms with E-state index in [9.17, 15) is 0 Å². The van der Waals surface area contributed by atoms with Gasteiger partial charge < -0.3 is 4.98 Å². The van der Waals surface area contributed by atoms with Gasteiger partial charge in [0.25, 0.3) is 0 Å². The molecule has 0 aliphatic heterocycles. The summed E-state index contributed by atoms with van der Waals surface area (Å²) >= 11 is 11.7. The Morgan fingerprint density at radius 1 is 1.31 bits per heavy atom. The van der Waals surface area contributed by atoms with E-state index in [1.807, 2.05) is 6.07 Å². The molecule has 2 aromatic rings. The minimum atomic E-state index is 0.390. The van der Waals surface area contributed by atoms with Gasteiger partial charge in [-0.3, -0.25) is 0 Å². The van der Waals surface area contributed by atoms with Gasteiger partial charge in [0.1, 0.15) is 11.9 Å². The first kappa shape index (κ1) is 11.0. The summed E-state index contributed by atoms with van der Waals surface area (Å²) in [6, 6.07) is 7.22. The lowest BCUT2D eigenvalue weighted by atomic mass is 10.2. The summed E-state index contributed by atoms with van der Waals surface area (Å²) < 4.78 is 0. The number of hydrogen-bond donors (Lipinski definition) is 1. The fraction of sp³-hybridized carbons (Fsp3) is 0.0909. The molecular weight excluding hydrogens is 245 g/mol. The number of imidazole rings is 1. The molecule has 0 atom stereocenters. The van der Waals surface area contributed by atoms with Crippen molar-refractivity contribution < 1.29 is 0 Å². The summed E-state index contributed by atoms with van der Waals surface area (Å²) in [5.74, 6) is 0.618. The molecule has 0 fully saturated rings. The van der Waals surface area contributed by atoms with Crippen LogP contribution >= 0.6 is 23.2 Å². The summed E-state index contributed by atoms with van der Waals surface area (Å²) in [6.07, 6.45) is 0. The van der Waals surface area contributed by atoms with E-state index in [0.717, 1.165) is 11.3 Å². The first-order valence-electron chi connectivity index (χ1n) is 4.54. The van der Waals surface area contributed by atoms with Crippen LogP contribution in [0.3, 0.4) is 0 Å². The fourth-order valence-electron chi connectivity index (χ4n) is 1.35. The lowest BCUT2D eigenvalue weighted by Gasteiger charge is -1.99. The first-order chi connectivity index (χ1) is 7.61. The smallest absolute Gasteiger partial charge is 0.161 e. The largest absolute Gasteiger partial charge is 0.341 e. The number of benzene rings is 1. The molecule has 1 aromatic heterocycles. The Balaban J connectivity index is 2.51. The van der Waals surface area contributed by atoms with Gasteiger partial charge in [-0.1, -0.05) is 23.2 Å². The van der Waals surface area contributed by atoms with Gasteiger partial charge in [0.15, 0.2) is 5.69 Å². The Labute approximate surface area is 103 Å². The van der Waals surface area contributed by atoms with Crippen molar-refractivity contribution in [3.8, 4) is 17.5 Å². The predicted molar refractivity (Wildman–Crippen MR) is 63.5 cm³/mol. The number of nitriles is 1. The zero-order chi connectivity index (χ0) is 11.7. The van der Waals surface area contributed by atoms with Crippen LogP contribution in [0.15, 0.2) is 18.2 Å². The molecule has 1 heterocycles. The summed E-state index contributed by atoms with van der Waals surface area (Å²) in [5, 5.41) is 9.76. The van der Waals surface area contributed by atoms with Crippen LogP contribution in [-0.2, 0) is 0 Å². The Morgan fingerprint density at radius 2 is 2.06 bits per heavy atom. The zero-order valence-electron chi connectivity index (χ0n) is 8.38.